The van der Waals surface area contributed by atoms with Crippen LogP contribution < -0.4 is 0 Å². The Morgan fingerprint density at radius 3 is 1.31 bits per heavy atom. The van der Waals surface area contributed by atoms with E-state index in [1.54, 1.807) is 0 Å². The summed E-state index contributed by atoms with van der Waals surface area (Å²) in [5.41, 5.74) is 0. The SMILES string of the molecule is CCCCCCCCCCCCCCC(S)C(=O)OCC(COP(=O)(O)CC[N+](C)(C)C)OC(=O)C(S)CCCCCCCCCCCCCC. The molecule has 51 heavy (non-hydrogen) atoms. The topological polar surface area (TPSA) is 99.1 Å². The lowest BCUT2D eigenvalue weighted by atomic mass is 10.0. The zero-order chi connectivity index (χ0) is 38.2. The number of carbonyl (C=O) groups is 2. The number of quaternary nitrogens is 1. The van der Waals surface area contributed by atoms with Crippen molar-refractivity contribution in [3.63, 3.8) is 0 Å². The van der Waals surface area contributed by atoms with Crippen LogP contribution in [-0.4, -0.2) is 85.0 Å². The van der Waals surface area contributed by atoms with Crippen molar-refractivity contribution in [2.24, 2.45) is 0 Å². The molecule has 0 rings (SSSR count). The molecule has 0 aromatic heterocycles. The highest BCUT2D eigenvalue weighted by atomic mass is 32.1. The molecule has 0 saturated heterocycles. The smallest absolute Gasteiger partial charge is 0.333 e. The average molecular weight is 783 g/mol. The van der Waals surface area contributed by atoms with Gasteiger partial charge in [0.2, 0.25) is 0 Å². The van der Waals surface area contributed by atoms with Crippen molar-refractivity contribution in [1.29, 1.82) is 0 Å². The molecule has 0 amide bonds. The summed E-state index contributed by atoms with van der Waals surface area (Å²) in [7, 11) is 1.85. The monoisotopic (exact) mass is 783 g/mol. The highest BCUT2D eigenvalue weighted by molar-refractivity contribution is 7.82. The lowest BCUT2D eigenvalue weighted by Gasteiger charge is -2.26. The Kier molecular flexibility index (Phi) is 33.0. The molecule has 1 N–H and O–H groups in total. The van der Waals surface area contributed by atoms with Crippen LogP contribution in [-0.2, 0) is 28.2 Å². The summed E-state index contributed by atoms with van der Waals surface area (Å²) in [5, 5.41) is -1.21. The third-order valence-corrected chi connectivity index (χ3v) is 11.7. The second-order valence-electron chi connectivity index (χ2n) is 15.7. The number of esters is 2. The summed E-state index contributed by atoms with van der Waals surface area (Å²) in [4.78, 5) is 36.1. The Morgan fingerprint density at radius 1 is 0.588 bits per heavy atom. The van der Waals surface area contributed by atoms with Gasteiger partial charge >= 0.3 is 19.5 Å². The molecule has 0 aliphatic carbocycles. The van der Waals surface area contributed by atoms with Gasteiger partial charge in [0, 0.05) is 0 Å². The Balaban J connectivity index is 4.59. The van der Waals surface area contributed by atoms with E-state index in [2.05, 4.69) is 39.1 Å². The normalized spacial score (nSPS) is 14.9. The Bertz CT molecular complexity index is 889. The molecule has 0 saturated carbocycles. The van der Waals surface area contributed by atoms with Crippen LogP contribution in [0.3, 0.4) is 0 Å². The first-order valence-corrected chi connectivity index (χ1v) is 23.6. The Labute approximate surface area is 325 Å². The van der Waals surface area contributed by atoms with Gasteiger partial charge in [0.05, 0.1) is 51.0 Å². The summed E-state index contributed by atoms with van der Waals surface area (Å²) in [6.07, 6.45) is 29.9. The fourth-order valence-electron chi connectivity index (χ4n) is 5.91. The van der Waals surface area contributed by atoms with E-state index in [9.17, 15) is 19.0 Å². The molecule has 11 heteroatoms. The second-order valence-corrected chi connectivity index (χ2v) is 19.0. The van der Waals surface area contributed by atoms with Gasteiger partial charge in [-0.1, -0.05) is 168 Å². The van der Waals surface area contributed by atoms with Crippen LogP contribution in [0.25, 0.3) is 0 Å². The van der Waals surface area contributed by atoms with Crippen LogP contribution in [0.2, 0.25) is 0 Å². The van der Waals surface area contributed by atoms with Crippen molar-refractivity contribution in [2.75, 3.05) is 47.1 Å². The van der Waals surface area contributed by atoms with E-state index >= 15 is 0 Å². The van der Waals surface area contributed by atoms with Gasteiger partial charge < -0.3 is 23.4 Å². The highest BCUT2D eigenvalue weighted by Crippen LogP contribution is 2.42. The van der Waals surface area contributed by atoms with E-state index in [4.69, 9.17) is 14.0 Å². The maximum Gasteiger partial charge on any atom is 0.333 e. The quantitative estimate of drug-likeness (QED) is 0.0190. The van der Waals surface area contributed by atoms with Crippen LogP contribution >= 0.6 is 32.9 Å². The highest BCUT2D eigenvalue weighted by Gasteiger charge is 2.29. The molecule has 0 aliphatic heterocycles. The molecule has 4 unspecified atom stereocenters. The van der Waals surface area contributed by atoms with Gasteiger partial charge in [-0.25, -0.2) is 0 Å². The molecular weight excluding hydrogens is 702 g/mol. The molecule has 0 spiro atoms. The van der Waals surface area contributed by atoms with Gasteiger partial charge in [-0.05, 0) is 12.8 Å². The number of hydrogen-bond donors (Lipinski definition) is 3. The van der Waals surface area contributed by atoms with E-state index < -0.39 is 36.1 Å². The van der Waals surface area contributed by atoms with Crippen LogP contribution in [0.15, 0.2) is 0 Å². The minimum atomic E-state index is -3.94. The molecule has 0 bridgehead atoms. The molecule has 0 aromatic rings. The summed E-state index contributed by atoms with van der Waals surface area (Å²) in [6, 6.07) is 0. The van der Waals surface area contributed by atoms with Gasteiger partial charge in [-0.3, -0.25) is 14.2 Å². The molecule has 8 nitrogen and oxygen atoms in total. The Hall–Kier alpha value is -0.250. The summed E-state index contributed by atoms with van der Waals surface area (Å²) in [5.74, 6) is -1.03. The molecule has 0 aliphatic rings. The van der Waals surface area contributed by atoms with Crippen LogP contribution in [0.4, 0.5) is 0 Å². The maximum absolute atomic E-state index is 12.9. The Morgan fingerprint density at radius 2 is 0.941 bits per heavy atom. The van der Waals surface area contributed by atoms with Crippen molar-refractivity contribution in [3.8, 4) is 0 Å². The summed E-state index contributed by atoms with van der Waals surface area (Å²) < 4.78 is 29.7. The standard InChI is InChI=1S/C40H80NO7PS2/c1-6-8-10-12-14-16-18-20-22-24-26-28-30-37(50)39(42)46-34-36(35-47-49(44,45)33-32-41(3,4)5)48-40(43)38(51)31-29-27-25-23-21-19-17-15-13-11-9-7-2/h36-38H,6-35H2,1-5H3,(H2-,44,45,50,51)/p+1. The van der Waals surface area contributed by atoms with Crippen molar-refractivity contribution in [3.05, 3.63) is 0 Å². The maximum atomic E-state index is 12.9. The summed E-state index contributed by atoms with van der Waals surface area (Å²) in [6.45, 7) is 4.31. The van der Waals surface area contributed by atoms with Crippen LogP contribution in [0.1, 0.15) is 181 Å². The summed E-state index contributed by atoms with van der Waals surface area (Å²) >= 11 is 8.96. The third kappa shape index (κ3) is 34.0. The lowest BCUT2D eigenvalue weighted by molar-refractivity contribution is -0.867. The fraction of sp³-hybridized carbons (Fsp3) is 0.950. The second kappa shape index (κ2) is 33.1. The molecule has 0 radical (unpaired) electrons. The first kappa shape index (κ1) is 50.8. The van der Waals surface area contributed by atoms with Gasteiger partial charge in [0.25, 0.3) is 0 Å². The zero-order valence-corrected chi connectivity index (χ0v) is 36.3. The number of carbonyl (C=O) groups excluding carboxylic acids is 2. The van der Waals surface area contributed by atoms with E-state index in [-0.39, 0.29) is 19.4 Å². The van der Waals surface area contributed by atoms with Gasteiger partial charge in [0.1, 0.15) is 6.61 Å². The van der Waals surface area contributed by atoms with Gasteiger partial charge in [-0.15, -0.1) is 0 Å². The van der Waals surface area contributed by atoms with Crippen molar-refractivity contribution in [1.82, 2.24) is 0 Å². The first-order chi connectivity index (χ1) is 24.3. The predicted octanol–water partition coefficient (Wildman–Crippen LogP) is 11.1. The van der Waals surface area contributed by atoms with Gasteiger partial charge in [-0.2, -0.15) is 25.3 Å². The van der Waals surface area contributed by atoms with Crippen molar-refractivity contribution < 1.29 is 37.5 Å². The number of rotatable bonds is 37. The molecule has 0 fully saturated rings. The van der Waals surface area contributed by atoms with Crippen molar-refractivity contribution >= 4 is 44.8 Å². The molecule has 4 atom stereocenters. The van der Waals surface area contributed by atoms with E-state index in [1.807, 2.05) is 21.1 Å². The van der Waals surface area contributed by atoms with Crippen LogP contribution in [0, 0.1) is 0 Å². The van der Waals surface area contributed by atoms with E-state index in [0.29, 0.717) is 23.9 Å². The number of ether oxygens (including phenoxy) is 2. The lowest BCUT2D eigenvalue weighted by Crippen LogP contribution is -2.37. The molecule has 0 aromatic carbocycles. The van der Waals surface area contributed by atoms with Crippen LogP contribution in [0.5, 0.6) is 0 Å². The minimum absolute atomic E-state index is 0.0388. The number of nitrogens with zero attached hydrogens (tertiary/aromatic N) is 1. The predicted molar refractivity (Wildman–Crippen MR) is 221 cm³/mol. The molecule has 304 valence electrons. The van der Waals surface area contributed by atoms with Gasteiger partial charge in [0.15, 0.2) is 6.10 Å². The van der Waals surface area contributed by atoms with Crippen molar-refractivity contribution in [2.45, 2.75) is 197 Å². The number of thiol groups is 2. The molecule has 0 heterocycles. The van der Waals surface area contributed by atoms with E-state index in [0.717, 1.165) is 38.5 Å². The zero-order valence-electron chi connectivity index (χ0n) is 33.6. The fourth-order valence-corrected chi connectivity index (χ4v) is 7.80. The molecular formula is C40H81NO7PS2+. The largest absolute Gasteiger partial charge is 0.461 e. The first-order valence-electron chi connectivity index (χ1n) is 20.8. The number of unbranched alkanes of at least 4 members (excludes halogenated alkanes) is 22. The van der Waals surface area contributed by atoms with E-state index in [1.165, 1.54) is 116 Å². The minimum Gasteiger partial charge on any atom is -0.461 e. The number of hydrogen-bond acceptors (Lipinski definition) is 8. The average Bonchev–Trinajstić information content (AvgIpc) is 3.08. The third-order valence-electron chi connectivity index (χ3n) is 9.42.